The van der Waals surface area contributed by atoms with E-state index in [0.29, 0.717) is 5.92 Å². The Morgan fingerprint density at radius 2 is 1.85 bits per heavy atom. The summed E-state index contributed by atoms with van der Waals surface area (Å²) in [5.74, 6) is 0.687. The van der Waals surface area contributed by atoms with Gasteiger partial charge >= 0.3 is 0 Å². The summed E-state index contributed by atoms with van der Waals surface area (Å²) in [7, 11) is 0. The fourth-order valence-electron chi connectivity index (χ4n) is 4.15. The van der Waals surface area contributed by atoms with Gasteiger partial charge in [0.25, 0.3) is 0 Å². The fraction of sp³-hybridized carbons (Fsp3) is 0.364. The highest BCUT2D eigenvalue weighted by atomic mass is 16.3. The van der Waals surface area contributed by atoms with Crippen LogP contribution in [0.3, 0.4) is 0 Å². The van der Waals surface area contributed by atoms with Crippen LogP contribution in [0.2, 0.25) is 0 Å². The molecule has 2 aromatic heterocycles. The predicted octanol–water partition coefficient (Wildman–Crippen LogP) is 4.60. The van der Waals surface area contributed by atoms with Crippen LogP contribution in [-0.4, -0.2) is 21.1 Å². The first-order valence-electron chi connectivity index (χ1n) is 9.35. The second-order valence-corrected chi connectivity index (χ2v) is 7.58. The highest BCUT2D eigenvalue weighted by Crippen LogP contribution is 2.34. The molecule has 0 radical (unpaired) electrons. The number of hydrogen-bond donors (Lipinski definition) is 2. The van der Waals surface area contributed by atoms with Crippen molar-refractivity contribution in [2.24, 2.45) is 5.73 Å². The Morgan fingerprint density at radius 3 is 2.62 bits per heavy atom. The standard InChI is InChI=1S/C22H25N3O/c1-13-10-14(2)21(20(26)11-13)19-9-7-15-6-8-18(24-22(15)25-19)16-4-3-5-17(23)12-16/h6-11,16-17,26H,3-5,12,23H2,1-2H3. The predicted molar refractivity (Wildman–Crippen MR) is 105 cm³/mol. The molecule has 4 heteroatoms. The number of phenolic OH excluding ortho intramolecular Hbond substituents is 1. The second-order valence-electron chi connectivity index (χ2n) is 7.58. The van der Waals surface area contributed by atoms with Crippen molar-refractivity contribution in [2.75, 3.05) is 0 Å². The molecule has 1 aromatic carbocycles. The molecule has 1 saturated carbocycles. The van der Waals surface area contributed by atoms with Gasteiger partial charge in [-0.2, -0.15) is 0 Å². The molecule has 0 spiro atoms. The van der Waals surface area contributed by atoms with Crippen molar-refractivity contribution in [2.45, 2.75) is 51.5 Å². The van der Waals surface area contributed by atoms with Crippen LogP contribution >= 0.6 is 0 Å². The van der Waals surface area contributed by atoms with Gasteiger partial charge in [0, 0.05) is 28.6 Å². The first-order valence-corrected chi connectivity index (χ1v) is 9.35. The number of hydrogen-bond acceptors (Lipinski definition) is 4. The lowest BCUT2D eigenvalue weighted by atomic mass is 9.84. The van der Waals surface area contributed by atoms with Gasteiger partial charge in [-0.15, -0.1) is 0 Å². The molecule has 26 heavy (non-hydrogen) atoms. The van der Waals surface area contributed by atoms with Gasteiger partial charge in [-0.05, 0) is 74.6 Å². The lowest BCUT2D eigenvalue weighted by molar-refractivity contribution is 0.388. The molecule has 4 rings (SSSR count). The van der Waals surface area contributed by atoms with E-state index in [1.165, 1.54) is 0 Å². The van der Waals surface area contributed by atoms with E-state index in [9.17, 15) is 5.11 Å². The number of benzene rings is 1. The van der Waals surface area contributed by atoms with Gasteiger partial charge in [-0.25, -0.2) is 9.97 Å². The molecule has 3 N–H and O–H groups in total. The van der Waals surface area contributed by atoms with Gasteiger partial charge in [0.1, 0.15) is 5.75 Å². The highest BCUT2D eigenvalue weighted by molar-refractivity contribution is 5.81. The third-order valence-electron chi connectivity index (χ3n) is 5.42. The normalized spacial score (nSPS) is 20.4. The molecule has 1 aliphatic carbocycles. The van der Waals surface area contributed by atoms with E-state index in [2.05, 4.69) is 18.2 Å². The van der Waals surface area contributed by atoms with Crippen LogP contribution in [0.5, 0.6) is 5.75 Å². The fourth-order valence-corrected chi connectivity index (χ4v) is 4.15. The van der Waals surface area contributed by atoms with Crippen LogP contribution in [0.15, 0.2) is 36.4 Å². The van der Waals surface area contributed by atoms with Crippen molar-refractivity contribution >= 4 is 11.0 Å². The van der Waals surface area contributed by atoms with E-state index in [4.69, 9.17) is 15.7 Å². The summed E-state index contributed by atoms with van der Waals surface area (Å²) in [6, 6.07) is 12.3. The summed E-state index contributed by atoms with van der Waals surface area (Å²) in [5.41, 5.74) is 11.6. The smallest absolute Gasteiger partial charge is 0.160 e. The van der Waals surface area contributed by atoms with Crippen LogP contribution < -0.4 is 5.73 Å². The van der Waals surface area contributed by atoms with Crippen molar-refractivity contribution in [3.05, 3.63) is 53.2 Å². The third-order valence-corrected chi connectivity index (χ3v) is 5.42. The number of aromatic nitrogens is 2. The topological polar surface area (TPSA) is 72.0 Å². The lowest BCUT2D eigenvalue weighted by Crippen LogP contribution is -2.27. The quantitative estimate of drug-likeness (QED) is 0.710. The van der Waals surface area contributed by atoms with Gasteiger partial charge in [0.15, 0.2) is 5.65 Å². The molecule has 0 saturated heterocycles. The second kappa shape index (κ2) is 6.69. The third kappa shape index (κ3) is 3.17. The maximum Gasteiger partial charge on any atom is 0.160 e. The van der Waals surface area contributed by atoms with Crippen molar-refractivity contribution in [1.29, 1.82) is 0 Å². The molecule has 4 nitrogen and oxygen atoms in total. The number of pyridine rings is 2. The summed E-state index contributed by atoms with van der Waals surface area (Å²) in [6.45, 7) is 3.98. The van der Waals surface area contributed by atoms with E-state index in [-0.39, 0.29) is 11.8 Å². The van der Waals surface area contributed by atoms with Crippen LogP contribution in [0.25, 0.3) is 22.3 Å². The van der Waals surface area contributed by atoms with Crippen molar-refractivity contribution < 1.29 is 5.11 Å². The summed E-state index contributed by atoms with van der Waals surface area (Å²) in [4.78, 5) is 9.62. The lowest BCUT2D eigenvalue weighted by Gasteiger charge is -2.26. The molecule has 3 aromatic rings. The van der Waals surface area contributed by atoms with Crippen LogP contribution in [-0.2, 0) is 0 Å². The maximum absolute atomic E-state index is 10.4. The van der Waals surface area contributed by atoms with Crippen molar-refractivity contribution in [1.82, 2.24) is 9.97 Å². The van der Waals surface area contributed by atoms with Gasteiger partial charge in [-0.3, -0.25) is 0 Å². The molecule has 0 amide bonds. The monoisotopic (exact) mass is 347 g/mol. The zero-order valence-corrected chi connectivity index (χ0v) is 15.4. The average Bonchev–Trinajstić information content (AvgIpc) is 2.60. The van der Waals surface area contributed by atoms with E-state index in [1.807, 2.05) is 26.0 Å². The zero-order chi connectivity index (χ0) is 18.3. The van der Waals surface area contributed by atoms with E-state index < -0.39 is 0 Å². The molecule has 2 atom stereocenters. The Bertz CT molecular complexity index is 944. The minimum absolute atomic E-state index is 0.267. The van der Waals surface area contributed by atoms with E-state index in [1.54, 1.807) is 6.07 Å². The molecule has 2 heterocycles. The Morgan fingerprint density at radius 1 is 1.04 bits per heavy atom. The molecular formula is C22H25N3O. The SMILES string of the molecule is Cc1cc(C)c(-c2ccc3ccc(C4CCCC(N)C4)nc3n2)c(O)c1. The average molecular weight is 347 g/mol. The zero-order valence-electron chi connectivity index (χ0n) is 15.4. The first kappa shape index (κ1) is 17.0. The first-order chi connectivity index (χ1) is 12.5. The maximum atomic E-state index is 10.4. The van der Waals surface area contributed by atoms with Crippen LogP contribution in [0, 0.1) is 13.8 Å². The summed E-state index contributed by atoms with van der Waals surface area (Å²) >= 11 is 0. The Labute approximate surface area is 154 Å². The molecule has 134 valence electrons. The number of nitrogens with zero attached hydrogens (tertiary/aromatic N) is 2. The minimum Gasteiger partial charge on any atom is -0.507 e. The molecular weight excluding hydrogens is 322 g/mol. The molecule has 0 bridgehead atoms. The molecule has 1 aliphatic rings. The summed E-state index contributed by atoms with van der Waals surface area (Å²) in [6.07, 6.45) is 4.41. The number of nitrogens with two attached hydrogens (primary N) is 1. The minimum atomic E-state index is 0.267. The van der Waals surface area contributed by atoms with Crippen LogP contribution in [0.4, 0.5) is 0 Å². The number of fused-ring (bicyclic) bond motifs is 1. The Kier molecular flexibility index (Phi) is 4.37. The van der Waals surface area contributed by atoms with Crippen molar-refractivity contribution in [3.8, 4) is 17.0 Å². The summed E-state index contributed by atoms with van der Waals surface area (Å²) in [5, 5.41) is 11.4. The number of aryl methyl sites for hydroxylation is 2. The van der Waals surface area contributed by atoms with Crippen molar-refractivity contribution in [3.63, 3.8) is 0 Å². The van der Waals surface area contributed by atoms with E-state index in [0.717, 1.165) is 64.8 Å². The van der Waals surface area contributed by atoms with Gasteiger partial charge < -0.3 is 10.8 Å². The van der Waals surface area contributed by atoms with Gasteiger partial charge in [0.05, 0.1) is 5.69 Å². The van der Waals surface area contributed by atoms with Gasteiger partial charge in [0.2, 0.25) is 0 Å². The largest absolute Gasteiger partial charge is 0.507 e. The molecule has 2 unspecified atom stereocenters. The van der Waals surface area contributed by atoms with Crippen LogP contribution in [0.1, 0.15) is 48.4 Å². The highest BCUT2D eigenvalue weighted by Gasteiger charge is 2.22. The summed E-state index contributed by atoms with van der Waals surface area (Å²) < 4.78 is 0. The number of rotatable bonds is 2. The van der Waals surface area contributed by atoms with E-state index >= 15 is 0 Å². The van der Waals surface area contributed by atoms with Gasteiger partial charge in [-0.1, -0.05) is 12.5 Å². The Hall–Kier alpha value is -2.46. The number of phenols is 1. The Balaban J connectivity index is 1.77. The molecule has 0 aliphatic heterocycles. The number of aromatic hydroxyl groups is 1. The molecule has 1 fully saturated rings.